The first-order chi connectivity index (χ1) is 16.7. The summed E-state index contributed by atoms with van der Waals surface area (Å²) < 4.78 is 5.38. The van der Waals surface area contributed by atoms with E-state index in [1.54, 1.807) is 45.0 Å². The molecule has 0 spiro atoms. The van der Waals surface area contributed by atoms with Gasteiger partial charge in [-0.1, -0.05) is 80.4 Å². The fraction of sp³-hybridized carbons (Fsp3) is 0.393. The Morgan fingerprint density at radius 3 is 2.17 bits per heavy atom. The maximum atomic E-state index is 13.8. The monoisotopic (exact) mass is 477 g/mol. The Bertz CT molecular complexity index is 1010. The number of nitrogens with one attached hydrogen (secondary N) is 2. The SMILES string of the molecule is C#CN(C(=O)C(Cc1ccccc1)NC(=O)OC(C)(C)C)C(C(=O)NCCCC)c1ccccc1. The van der Waals surface area contributed by atoms with Gasteiger partial charge in [-0.2, -0.15) is 0 Å². The molecule has 7 nitrogen and oxygen atoms in total. The second-order valence-corrected chi connectivity index (χ2v) is 9.18. The summed E-state index contributed by atoms with van der Waals surface area (Å²) in [6.07, 6.45) is 6.94. The Hall–Kier alpha value is -3.79. The molecule has 0 aromatic heterocycles. The minimum atomic E-state index is -1.05. The number of benzene rings is 2. The second kappa shape index (κ2) is 13.2. The summed E-state index contributed by atoms with van der Waals surface area (Å²) in [5.74, 6) is -0.964. The van der Waals surface area contributed by atoms with Crippen LogP contribution in [-0.2, 0) is 20.7 Å². The minimum absolute atomic E-state index is 0.177. The first-order valence-corrected chi connectivity index (χ1v) is 11.8. The summed E-state index contributed by atoms with van der Waals surface area (Å²) in [7, 11) is 0. The van der Waals surface area contributed by atoms with Gasteiger partial charge in [0.1, 0.15) is 17.7 Å². The average Bonchev–Trinajstić information content (AvgIpc) is 2.81. The predicted molar refractivity (Wildman–Crippen MR) is 136 cm³/mol. The molecule has 7 heteroatoms. The van der Waals surface area contributed by atoms with Crippen LogP contribution in [0.3, 0.4) is 0 Å². The quantitative estimate of drug-likeness (QED) is 0.305. The van der Waals surface area contributed by atoms with Crippen molar-refractivity contribution < 1.29 is 19.1 Å². The molecule has 0 radical (unpaired) electrons. The molecule has 35 heavy (non-hydrogen) atoms. The van der Waals surface area contributed by atoms with Gasteiger partial charge >= 0.3 is 6.09 Å². The lowest BCUT2D eigenvalue weighted by atomic mass is 10.0. The summed E-state index contributed by atoms with van der Waals surface area (Å²) in [5.41, 5.74) is 0.646. The van der Waals surface area contributed by atoms with E-state index in [0.717, 1.165) is 23.3 Å². The zero-order valence-electron chi connectivity index (χ0n) is 20.9. The van der Waals surface area contributed by atoms with Crippen molar-refractivity contribution in [1.82, 2.24) is 15.5 Å². The molecule has 0 fully saturated rings. The van der Waals surface area contributed by atoms with E-state index in [2.05, 4.69) is 16.7 Å². The zero-order valence-corrected chi connectivity index (χ0v) is 20.9. The molecule has 0 heterocycles. The Balaban J connectivity index is 2.39. The molecule has 0 aliphatic rings. The molecule has 3 amide bonds. The molecule has 2 atom stereocenters. The van der Waals surface area contributed by atoms with Crippen LogP contribution in [-0.4, -0.2) is 41.0 Å². The van der Waals surface area contributed by atoms with Crippen molar-refractivity contribution in [3.8, 4) is 12.5 Å². The zero-order chi connectivity index (χ0) is 25.8. The van der Waals surface area contributed by atoms with E-state index in [-0.39, 0.29) is 12.3 Å². The van der Waals surface area contributed by atoms with E-state index in [9.17, 15) is 14.4 Å². The summed E-state index contributed by atoms with van der Waals surface area (Å²) in [4.78, 5) is 40.6. The Kier molecular flexibility index (Phi) is 10.3. The lowest BCUT2D eigenvalue weighted by Crippen LogP contribution is -2.52. The first-order valence-electron chi connectivity index (χ1n) is 11.8. The molecule has 2 unspecified atom stereocenters. The molecule has 2 aromatic carbocycles. The summed E-state index contributed by atoms with van der Waals surface area (Å²) >= 11 is 0. The van der Waals surface area contributed by atoms with Crippen LogP contribution in [0.4, 0.5) is 4.79 Å². The minimum Gasteiger partial charge on any atom is -0.444 e. The lowest BCUT2D eigenvalue weighted by molar-refractivity contribution is -0.138. The standard InChI is InChI=1S/C28H35N3O4/c1-6-8-19-29-25(32)24(22-17-13-10-14-18-22)31(7-2)26(33)23(20-21-15-11-9-12-16-21)30-27(34)35-28(3,4)5/h2,9-18,23-24H,6,8,19-20H2,1,3-5H3,(H,29,32)(H,30,34). The van der Waals surface area contributed by atoms with E-state index >= 15 is 0 Å². The number of hydrogen-bond acceptors (Lipinski definition) is 4. The summed E-state index contributed by atoms with van der Waals surface area (Å²) in [5, 5.41) is 5.53. The van der Waals surface area contributed by atoms with Gasteiger partial charge in [0.2, 0.25) is 5.91 Å². The van der Waals surface area contributed by atoms with Crippen LogP contribution in [0.15, 0.2) is 60.7 Å². The van der Waals surface area contributed by atoms with Crippen LogP contribution >= 0.6 is 0 Å². The smallest absolute Gasteiger partial charge is 0.408 e. The summed E-state index contributed by atoms with van der Waals surface area (Å²) in [6, 6.07) is 18.4. The third-order valence-corrected chi connectivity index (χ3v) is 5.10. The van der Waals surface area contributed by atoms with Crippen molar-refractivity contribution in [3.05, 3.63) is 71.8 Å². The number of terminal acetylenes is 1. The number of carbonyl (C=O) groups excluding carboxylic acids is 3. The van der Waals surface area contributed by atoms with Gasteiger partial charge < -0.3 is 15.4 Å². The van der Waals surface area contributed by atoms with Crippen molar-refractivity contribution in [3.63, 3.8) is 0 Å². The number of amides is 3. The van der Waals surface area contributed by atoms with Crippen molar-refractivity contribution >= 4 is 17.9 Å². The van der Waals surface area contributed by atoms with Crippen LogP contribution in [0, 0.1) is 12.5 Å². The van der Waals surface area contributed by atoms with Crippen LogP contribution in [0.2, 0.25) is 0 Å². The highest BCUT2D eigenvalue weighted by Crippen LogP contribution is 2.22. The number of rotatable bonds is 10. The molecule has 2 rings (SSSR count). The molecular weight excluding hydrogens is 442 g/mol. The highest BCUT2D eigenvalue weighted by molar-refractivity contribution is 5.93. The molecule has 0 saturated carbocycles. The van der Waals surface area contributed by atoms with Crippen LogP contribution in [0.5, 0.6) is 0 Å². The van der Waals surface area contributed by atoms with Crippen molar-refractivity contribution in [2.45, 2.75) is 64.6 Å². The third kappa shape index (κ3) is 8.82. The number of carbonyl (C=O) groups is 3. The molecule has 0 saturated heterocycles. The van der Waals surface area contributed by atoms with E-state index in [0.29, 0.717) is 12.1 Å². The fourth-order valence-electron chi connectivity index (χ4n) is 3.47. The Labute approximate surface area is 208 Å². The highest BCUT2D eigenvalue weighted by Gasteiger charge is 2.35. The van der Waals surface area contributed by atoms with Gasteiger partial charge in [-0.3, -0.25) is 14.5 Å². The normalized spacial score (nSPS) is 12.5. The molecule has 186 valence electrons. The van der Waals surface area contributed by atoms with Gasteiger partial charge in [0.05, 0.1) is 0 Å². The van der Waals surface area contributed by atoms with Gasteiger partial charge in [0.25, 0.3) is 5.91 Å². The largest absolute Gasteiger partial charge is 0.444 e. The molecule has 0 aliphatic heterocycles. The van der Waals surface area contributed by atoms with Crippen molar-refractivity contribution in [2.75, 3.05) is 6.54 Å². The van der Waals surface area contributed by atoms with Crippen LogP contribution < -0.4 is 10.6 Å². The fourth-order valence-corrected chi connectivity index (χ4v) is 3.47. The van der Waals surface area contributed by atoms with Crippen molar-refractivity contribution in [1.29, 1.82) is 0 Å². The third-order valence-electron chi connectivity index (χ3n) is 5.10. The highest BCUT2D eigenvalue weighted by atomic mass is 16.6. The second-order valence-electron chi connectivity index (χ2n) is 9.18. The van der Waals surface area contributed by atoms with E-state index < -0.39 is 29.7 Å². The van der Waals surface area contributed by atoms with Crippen molar-refractivity contribution in [2.24, 2.45) is 0 Å². The molecule has 2 aromatic rings. The molecule has 0 aliphatic carbocycles. The molecule has 0 bridgehead atoms. The van der Waals surface area contributed by atoms with Crippen LogP contribution in [0.1, 0.15) is 57.7 Å². The number of nitrogens with zero attached hydrogens (tertiary/aromatic N) is 1. The van der Waals surface area contributed by atoms with Crippen LogP contribution in [0.25, 0.3) is 0 Å². The van der Waals surface area contributed by atoms with Gasteiger partial charge in [-0.25, -0.2) is 4.79 Å². The Morgan fingerprint density at radius 1 is 1.03 bits per heavy atom. The topological polar surface area (TPSA) is 87.7 Å². The van der Waals surface area contributed by atoms with E-state index in [4.69, 9.17) is 11.2 Å². The van der Waals surface area contributed by atoms with Gasteiger partial charge in [-0.15, -0.1) is 0 Å². The van der Waals surface area contributed by atoms with E-state index in [1.165, 1.54) is 0 Å². The lowest BCUT2D eigenvalue weighted by Gasteiger charge is -2.30. The summed E-state index contributed by atoms with van der Waals surface area (Å²) in [6.45, 7) is 7.70. The average molecular weight is 478 g/mol. The maximum Gasteiger partial charge on any atom is 0.408 e. The number of hydrogen-bond donors (Lipinski definition) is 2. The number of ether oxygens (including phenoxy) is 1. The van der Waals surface area contributed by atoms with E-state index in [1.807, 2.05) is 43.3 Å². The first kappa shape index (κ1) is 27.5. The van der Waals surface area contributed by atoms with Gasteiger partial charge in [0.15, 0.2) is 0 Å². The Morgan fingerprint density at radius 2 is 1.63 bits per heavy atom. The predicted octanol–water partition coefficient (Wildman–Crippen LogP) is 4.20. The maximum absolute atomic E-state index is 13.8. The van der Waals surface area contributed by atoms with Gasteiger partial charge in [-0.05, 0) is 38.3 Å². The number of alkyl carbamates (subject to hydrolysis) is 1. The van der Waals surface area contributed by atoms with Gasteiger partial charge in [0, 0.05) is 19.0 Å². The molecule has 2 N–H and O–H groups in total. The number of unbranched alkanes of at least 4 members (excludes halogenated alkanes) is 1. The molecular formula is C28H35N3O4.